The Bertz CT molecular complexity index is 947. The summed E-state index contributed by atoms with van der Waals surface area (Å²) in [5.41, 5.74) is 2.86. The Balaban J connectivity index is 1.70. The summed E-state index contributed by atoms with van der Waals surface area (Å²) < 4.78 is 15.5. The fraction of sp³-hybridized carbons (Fsp3) is 0.200. The zero-order valence-electron chi connectivity index (χ0n) is 15.1. The van der Waals surface area contributed by atoms with Gasteiger partial charge in [0.15, 0.2) is 5.76 Å². The largest absolute Gasteiger partial charge is 0.453 e. The van der Waals surface area contributed by atoms with Crippen LogP contribution in [0.5, 0.6) is 0 Å². The van der Waals surface area contributed by atoms with Gasteiger partial charge in [0, 0.05) is 30.3 Å². The molecule has 0 saturated carbocycles. The summed E-state index contributed by atoms with van der Waals surface area (Å²) in [5, 5.41) is 6.28. The molecule has 0 aliphatic heterocycles. The molecule has 0 aliphatic rings. The molecule has 140 valence electrons. The van der Waals surface area contributed by atoms with Gasteiger partial charge in [0.05, 0.1) is 13.7 Å². The molecule has 0 unspecified atom stereocenters. The van der Waals surface area contributed by atoms with E-state index in [1.54, 1.807) is 31.4 Å². The Morgan fingerprint density at radius 3 is 2.48 bits per heavy atom. The van der Waals surface area contributed by atoms with Gasteiger partial charge in [-0.25, -0.2) is 4.79 Å². The lowest BCUT2D eigenvalue weighted by atomic mass is 10.1. The summed E-state index contributed by atoms with van der Waals surface area (Å²) in [4.78, 5) is 23.8. The van der Waals surface area contributed by atoms with Crippen molar-refractivity contribution in [2.24, 2.45) is 0 Å². The van der Waals surface area contributed by atoms with Crippen LogP contribution in [0.15, 0.2) is 52.9 Å². The summed E-state index contributed by atoms with van der Waals surface area (Å²) in [7, 11) is 2.88. The van der Waals surface area contributed by atoms with Crippen molar-refractivity contribution < 1.29 is 23.5 Å². The molecule has 3 rings (SSSR count). The molecule has 7 heteroatoms. The number of methoxy groups -OCH3 is 2. The Morgan fingerprint density at radius 1 is 1.04 bits per heavy atom. The van der Waals surface area contributed by atoms with Crippen molar-refractivity contribution in [2.45, 2.75) is 13.2 Å². The van der Waals surface area contributed by atoms with Crippen LogP contribution in [-0.2, 0) is 22.6 Å². The quantitative estimate of drug-likeness (QED) is 0.693. The minimum absolute atomic E-state index is 0.252. The second-order valence-electron chi connectivity index (χ2n) is 5.84. The van der Waals surface area contributed by atoms with Gasteiger partial charge >= 0.3 is 6.09 Å². The van der Waals surface area contributed by atoms with Gasteiger partial charge in [0.25, 0.3) is 5.91 Å². The molecule has 1 heterocycles. The van der Waals surface area contributed by atoms with Crippen LogP contribution in [0.25, 0.3) is 11.0 Å². The van der Waals surface area contributed by atoms with Crippen molar-refractivity contribution in [1.29, 1.82) is 0 Å². The number of carbonyl (C=O) groups is 2. The summed E-state index contributed by atoms with van der Waals surface area (Å²) in [6.45, 7) is 0.606. The lowest BCUT2D eigenvalue weighted by molar-refractivity contribution is 0.0918. The maximum atomic E-state index is 12.6. The maximum Gasteiger partial charge on any atom is 0.411 e. The molecular weight excluding hydrogens is 348 g/mol. The van der Waals surface area contributed by atoms with Crippen molar-refractivity contribution in [1.82, 2.24) is 5.32 Å². The number of fused-ring (bicyclic) bond motifs is 1. The number of anilines is 1. The van der Waals surface area contributed by atoms with E-state index < -0.39 is 6.09 Å². The van der Waals surface area contributed by atoms with Crippen molar-refractivity contribution in [3.8, 4) is 0 Å². The number of furan rings is 1. The van der Waals surface area contributed by atoms with Crippen LogP contribution in [0, 0.1) is 0 Å². The number of rotatable bonds is 6. The Labute approximate surface area is 156 Å². The minimum Gasteiger partial charge on any atom is -0.453 e. The molecule has 0 spiro atoms. The molecule has 0 bridgehead atoms. The number of hydrogen-bond acceptors (Lipinski definition) is 5. The molecule has 2 aromatic carbocycles. The third kappa shape index (κ3) is 4.27. The van der Waals surface area contributed by atoms with Gasteiger partial charge in [0.1, 0.15) is 5.58 Å². The lowest BCUT2D eigenvalue weighted by Crippen LogP contribution is -2.23. The maximum absolute atomic E-state index is 12.6. The second kappa shape index (κ2) is 8.37. The smallest absolute Gasteiger partial charge is 0.411 e. The van der Waals surface area contributed by atoms with E-state index in [4.69, 9.17) is 9.15 Å². The number of ether oxygens (including phenoxy) is 2. The second-order valence-corrected chi connectivity index (χ2v) is 5.84. The van der Waals surface area contributed by atoms with Crippen LogP contribution in [0.1, 0.15) is 21.7 Å². The zero-order valence-corrected chi connectivity index (χ0v) is 15.1. The molecule has 0 aliphatic carbocycles. The predicted molar refractivity (Wildman–Crippen MR) is 101 cm³/mol. The van der Waals surface area contributed by atoms with E-state index in [0.29, 0.717) is 17.8 Å². The number of carbonyl (C=O) groups excluding carboxylic acids is 2. The van der Waals surface area contributed by atoms with Gasteiger partial charge in [-0.15, -0.1) is 0 Å². The van der Waals surface area contributed by atoms with E-state index in [-0.39, 0.29) is 18.3 Å². The van der Waals surface area contributed by atoms with Crippen molar-refractivity contribution in [3.05, 3.63) is 65.4 Å². The summed E-state index contributed by atoms with van der Waals surface area (Å²) >= 11 is 0. The van der Waals surface area contributed by atoms with Gasteiger partial charge in [0.2, 0.25) is 0 Å². The summed E-state index contributed by atoms with van der Waals surface area (Å²) in [6, 6.07) is 14.5. The molecule has 0 radical (unpaired) electrons. The van der Waals surface area contributed by atoms with E-state index in [1.807, 2.05) is 24.3 Å². The molecule has 0 atom stereocenters. The van der Waals surface area contributed by atoms with Gasteiger partial charge < -0.3 is 19.2 Å². The van der Waals surface area contributed by atoms with Gasteiger partial charge in [-0.1, -0.05) is 30.3 Å². The van der Waals surface area contributed by atoms with Crippen LogP contribution in [-0.4, -0.2) is 26.2 Å². The molecule has 0 fully saturated rings. The van der Waals surface area contributed by atoms with Crippen LogP contribution >= 0.6 is 0 Å². The highest BCUT2D eigenvalue weighted by molar-refractivity contribution is 5.99. The summed E-state index contributed by atoms with van der Waals surface area (Å²) in [5.74, 6) is -0.0583. The number of hydrogen-bond donors (Lipinski definition) is 2. The van der Waals surface area contributed by atoms with Crippen molar-refractivity contribution in [2.75, 3.05) is 19.5 Å². The Kier molecular flexibility index (Phi) is 5.73. The first-order chi connectivity index (χ1) is 13.1. The third-order valence-electron chi connectivity index (χ3n) is 4.03. The number of amides is 2. The average molecular weight is 368 g/mol. The van der Waals surface area contributed by atoms with E-state index >= 15 is 0 Å². The fourth-order valence-electron chi connectivity index (χ4n) is 2.71. The molecule has 3 aromatic rings. The van der Waals surface area contributed by atoms with Crippen LogP contribution < -0.4 is 10.6 Å². The molecular formula is C20H20N2O5. The highest BCUT2D eigenvalue weighted by atomic mass is 16.5. The van der Waals surface area contributed by atoms with E-state index in [0.717, 1.165) is 16.5 Å². The van der Waals surface area contributed by atoms with Crippen LogP contribution in [0.2, 0.25) is 0 Å². The van der Waals surface area contributed by atoms with Crippen LogP contribution in [0.4, 0.5) is 10.5 Å². The van der Waals surface area contributed by atoms with Gasteiger partial charge in [-0.2, -0.15) is 0 Å². The minimum atomic E-state index is -0.536. The SMILES string of the molecule is COCc1c(C(=O)NCc2ccc(NC(=O)OC)cc2)oc2ccccc12. The third-order valence-corrected chi connectivity index (χ3v) is 4.03. The van der Waals surface area contributed by atoms with E-state index in [2.05, 4.69) is 15.4 Å². The highest BCUT2D eigenvalue weighted by Crippen LogP contribution is 2.26. The van der Waals surface area contributed by atoms with Gasteiger partial charge in [-0.05, 0) is 23.8 Å². The Hall–Kier alpha value is -3.32. The fourth-order valence-corrected chi connectivity index (χ4v) is 2.71. The first kappa shape index (κ1) is 18.5. The van der Waals surface area contributed by atoms with E-state index in [1.165, 1.54) is 7.11 Å². The molecule has 27 heavy (non-hydrogen) atoms. The topological polar surface area (TPSA) is 89.8 Å². The number of para-hydroxylation sites is 1. The number of benzene rings is 2. The van der Waals surface area contributed by atoms with Crippen LogP contribution in [0.3, 0.4) is 0 Å². The normalized spacial score (nSPS) is 10.6. The number of nitrogens with one attached hydrogen (secondary N) is 2. The van der Waals surface area contributed by atoms with E-state index in [9.17, 15) is 9.59 Å². The first-order valence-corrected chi connectivity index (χ1v) is 8.34. The predicted octanol–water partition coefficient (Wildman–Crippen LogP) is 3.69. The monoisotopic (exact) mass is 368 g/mol. The molecule has 7 nitrogen and oxygen atoms in total. The Morgan fingerprint density at radius 2 is 1.78 bits per heavy atom. The lowest BCUT2D eigenvalue weighted by Gasteiger charge is -2.07. The highest BCUT2D eigenvalue weighted by Gasteiger charge is 2.20. The molecule has 1 aromatic heterocycles. The molecule has 0 saturated heterocycles. The summed E-state index contributed by atoms with van der Waals surface area (Å²) in [6.07, 6.45) is -0.536. The van der Waals surface area contributed by atoms with Crippen molar-refractivity contribution >= 4 is 28.7 Å². The van der Waals surface area contributed by atoms with Gasteiger partial charge in [-0.3, -0.25) is 10.1 Å². The standard InChI is InChI=1S/C20H20N2O5/c1-25-12-16-15-5-3-4-6-17(15)27-18(16)19(23)21-11-13-7-9-14(10-8-13)22-20(24)26-2/h3-10H,11-12H2,1-2H3,(H,21,23)(H,22,24). The van der Waals surface area contributed by atoms with Crippen molar-refractivity contribution in [3.63, 3.8) is 0 Å². The first-order valence-electron chi connectivity index (χ1n) is 8.34. The zero-order chi connectivity index (χ0) is 19.2. The average Bonchev–Trinajstić information content (AvgIpc) is 3.06. The molecule has 2 N–H and O–H groups in total. The molecule has 2 amide bonds.